The minimum absolute atomic E-state index is 0.167. The van der Waals surface area contributed by atoms with Crippen molar-refractivity contribution in [2.45, 2.75) is 38.8 Å². The summed E-state index contributed by atoms with van der Waals surface area (Å²) in [7, 11) is 0. The number of hydrogen-bond acceptors (Lipinski definition) is 4. The van der Waals surface area contributed by atoms with Gasteiger partial charge in [0.2, 0.25) is 0 Å². The van der Waals surface area contributed by atoms with E-state index < -0.39 is 5.72 Å². The average Bonchev–Trinajstić information content (AvgIpc) is 3.56. The van der Waals surface area contributed by atoms with Crippen LogP contribution in [-0.4, -0.2) is 75.1 Å². The fraction of sp³-hybridized carbons (Fsp3) is 0.433. The molecule has 4 nitrogen and oxygen atoms in total. The van der Waals surface area contributed by atoms with Crippen molar-refractivity contribution in [3.05, 3.63) is 82.9 Å². The van der Waals surface area contributed by atoms with Crippen LogP contribution in [0.5, 0.6) is 0 Å². The quantitative estimate of drug-likeness (QED) is 0.481. The van der Waals surface area contributed by atoms with Gasteiger partial charge in [-0.05, 0) is 0 Å². The van der Waals surface area contributed by atoms with Crippen LogP contribution in [0.4, 0.5) is 0 Å². The third-order valence-corrected chi connectivity index (χ3v) is 9.08. The third kappa shape index (κ3) is 3.43. The first-order chi connectivity index (χ1) is 17.1. The first-order valence-electron chi connectivity index (χ1n) is 13.0. The molecule has 2 atom stereocenters. The Bertz CT molecular complexity index is 1190. The van der Waals surface area contributed by atoms with E-state index in [0.29, 0.717) is 6.61 Å². The Labute approximate surface area is 217 Å². The molecular weight excluding hydrogens is 499 g/mol. The summed E-state index contributed by atoms with van der Waals surface area (Å²) in [5.74, 6) is 0. The molecule has 2 unspecified atom stereocenters. The Morgan fingerprint density at radius 2 is 1.63 bits per heavy atom. The molecule has 35 heavy (non-hydrogen) atoms. The third-order valence-electron chi connectivity index (χ3n) is 8.31. The Balaban J connectivity index is 1.55. The second kappa shape index (κ2) is 9.05. The molecule has 2 saturated heterocycles. The number of likely N-dealkylation sites (tertiary alicyclic amines) is 1. The Hall–Kier alpha value is -2.17. The van der Waals surface area contributed by atoms with Gasteiger partial charge in [0.25, 0.3) is 0 Å². The fourth-order valence-corrected chi connectivity index (χ4v) is 7.61. The molecular formula is C30H34N2O2Se. The maximum absolute atomic E-state index is 6.91. The molecule has 2 fully saturated rings. The summed E-state index contributed by atoms with van der Waals surface area (Å²) in [4.78, 5) is 5.20. The van der Waals surface area contributed by atoms with E-state index in [2.05, 4.69) is 99.9 Å². The first-order valence-corrected chi connectivity index (χ1v) is 13.8. The van der Waals surface area contributed by atoms with Crippen LogP contribution in [0.3, 0.4) is 0 Å². The van der Waals surface area contributed by atoms with Gasteiger partial charge in [0, 0.05) is 0 Å². The molecule has 2 aromatic carbocycles. The van der Waals surface area contributed by atoms with E-state index in [1.165, 1.54) is 59.5 Å². The van der Waals surface area contributed by atoms with Crippen LogP contribution in [-0.2, 0) is 9.47 Å². The summed E-state index contributed by atoms with van der Waals surface area (Å²) in [6.45, 7) is 10.1. The Kier molecular flexibility index (Phi) is 6.01. The molecule has 4 aliphatic rings. The van der Waals surface area contributed by atoms with Gasteiger partial charge in [0.15, 0.2) is 0 Å². The number of hydrogen-bond donors (Lipinski definition) is 0. The van der Waals surface area contributed by atoms with Crippen LogP contribution in [0, 0.1) is 5.41 Å². The molecule has 0 amide bonds. The summed E-state index contributed by atoms with van der Waals surface area (Å²) in [5, 5.41) is 0. The van der Waals surface area contributed by atoms with Gasteiger partial charge in [-0.1, -0.05) is 0 Å². The zero-order chi connectivity index (χ0) is 24.0. The van der Waals surface area contributed by atoms with Gasteiger partial charge in [-0.2, -0.15) is 0 Å². The summed E-state index contributed by atoms with van der Waals surface area (Å²) >= 11 is 3.27. The van der Waals surface area contributed by atoms with Gasteiger partial charge in [0.05, 0.1) is 0 Å². The molecule has 3 heterocycles. The van der Waals surface area contributed by atoms with Gasteiger partial charge in [0.1, 0.15) is 0 Å². The molecule has 1 aliphatic carbocycles. The maximum atomic E-state index is 6.91. The minimum atomic E-state index is -0.415. The normalized spacial score (nSPS) is 28.1. The molecule has 1 spiro atoms. The Morgan fingerprint density at radius 1 is 0.971 bits per heavy atom. The molecule has 2 aromatic rings. The number of benzene rings is 2. The molecule has 0 aromatic heterocycles. The number of ether oxygens (including phenoxy) is 2. The van der Waals surface area contributed by atoms with Crippen molar-refractivity contribution >= 4 is 31.4 Å². The monoisotopic (exact) mass is 534 g/mol. The number of rotatable bonds is 7. The van der Waals surface area contributed by atoms with E-state index in [4.69, 9.17) is 9.47 Å². The molecule has 0 saturated carbocycles. The zero-order valence-corrected chi connectivity index (χ0v) is 22.5. The van der Waals surface area contributed by atoms with Crippen molar-refractivity contribution in [1.82, 2.24) is 9.80 Å². The van der Waals surface area contributed by atoms with Gasteiger partial charge < -0.3 is 0 Å². The summed E-state index contributed by atoms with van der Waals surface area (Å²) in [5.41, 5.74) is 7.41. The molecule has 6 rings (SSSR count). The molecule has 3 aliphatic heterocycles. The SMILES string of the molecule is CCOC(=[Se])C1=C(c2ccccc2)N2CCOC23C(CN2CCCC2)=C(c2ccccc2)C3(C)C1. The van der Waals surface area contributed by atoms with Crippen molar-refractivity contribution in [2.75, 3.05) is 39.4 Å². The predicted octanol–water partition coefficient (Wildman–Crippen LogP) is 4.73. The number of nitrogens with zero attached hydrogens (tertiary/aromatic N) is 2. The van der Waals surface area contributed by atoms with E-state index in [1.54, 1.807) is 0 Å². The van der Waals surface area contributed by atoms with Crippen molar-refractivity contribution < 1.29 is 9.47 Å². The summed E-state index contributed by atoms with van der Waals surface area (Å²) in [6.07, 6.45) is 3.46. The van der Waals surface area contributed by atoms with Gasteiger partial charge in [-0.3, -0.25) is 0 Å². The molecule has 0 N–H and O–H groups in total. The van der Waals surface area contributed by atoms with E-state index in [9.17, 15) is 0 Å². The Morgan fingerprint density at radius 3 is 2.29 bits per heavy atom. The van der Waals surface area contributed by atoms with Gasteiger partial charge in [-0.15, -0.1) is 0 Å². The van der Waals surface area contributed by atoms with E-state index >= 15 is 0 Å². The standard InChI is InChI=1S/C30H34N2O2Se/c1-3-33-28(35)24-20-29(2)26(22-12-6-4-7-13-22)25(21-31-16-10-11-17-31)30(29)32(18-19-34-30)27(24)23-14-8-5-9-15-23/h4-9,12-15H,3,10-11,16-21H2,1-2H3. The fourth-order valence-electron chi connectivity index (χ4n) is 7.01. The summed E-state index contributed by atoms with van der Waals surface area (Å²) < 4.78 is 13.9. The van der Waals surface area contributed by atoms with Crippen LogP contribution < -0.4 is 0 Å². The topological polar surface area (TPSA) is 24.9 Å². The van der Waals surface area contributed by atoms with Crippen LogP contribution in [0.1, 0.15) is 44.2 Å². The van der Waals surface area contributed by atoms with Gasteiger partial charge >= 0.3 is 217 Å². The summed E-state index contributed by atoms with van der Waals surface area (Å²) in [6, 6.07) is 21.8. The van der Waals surface area contributed by atoms with Crippen LogP contribution in [0.2, 0.25) is 0 Å². The average molecular weight is 534 g/mol. The van der Waals surface area contributed by atoms with Crippen LogP contribution >= 0.6 is 0 Å². The van der Waals surface area contributed by atoms with Gasteiger partial charge in [-0.25, -0.2) is 0 Å². The van der Waals surface area contributed by atoms with E-state index in [0.717, 1.165) is 30.7 Å². The second-order valence-electron chi connectivity index (χ2n) is 10.3. The predicted molar refractivity (Wildman–Crippen MR) is 143 cm³/mol. The van der Waals surface area contributed by atoms with E-state index in [-0.39, 0.29) is 5.41 Å². The van der Waals surface area contributed by atoms with E-state index in [1.807, 2.05) is 0 Å². The molecule has 182 valence electrons. The first kappa shape index (κ1) is 23.2. The molecule has 0 bridgehead atoms. The zero-order valence-electron chi connectivity index (χ0n) is 20.8. The van der Waals surface area contributed by atoms with Crippen molar-refractivity contribution in [2.24, 2.45) is 5.41 Å². The van der Waals surface area contributed by atoms with Crippen molar-refractivity contribution in [1.29, 1.82) is 0 Å². The molecule has 0 radical (unpaired) electrons. The second-order valence-corrected chi connectivity index (χ2v) is 11.0. The van der Waals surface area contributed by atoms with Crippen LogP contribution in [0.15, 0.2) is 71.8 Å². The van der Waals surface area contributed by atoms with Crippen molar-refractivity contribution in [3.8, 4) is 0 Å². The molecule has 5 heteroatoms. The van der Waals surface area contributed by atoms with Crippen molar-refractivity contribution in [3.63, 3.8) is 0 Å². The van der Waals surface area contributed by atoms with Crippen LogP contribution in [0.25, 0.3) is 11.3 Å².